The maximum absolute atomic E-state index is 11.3. The largest absolute Gasteiger partial charge is 0.480 e. The van der Waals surface area contributed by atoms with Crippen LogP contribution in [0.1, 0.15) is 64.7 Å². The SMILES string of the molecule is CCCCCCCCC(=O)OC(=O)CC[C@H](N)C(=O)O. The molecule has 0 aromatic rings. The van der Waals surface area contributed by atoms with Gasteiger partial charge in [0.2, 0.25) is 0 Å². The lowest BCUT2D eigenvalue weighted by molar-refractivity contribution is -0.159. The maximum atomic E-state index is 11.3. The molecule has 1 atom stereocenters. The Morgan fingerprint density at radius 3 is 2.15 bits per heavy atom. The van der Waals surface area contributed by atoms with Crippen molar-refractivity contribution >= 4 is 17.9 Å². The van der Waals surface area contributed by atoms with Crippen molar-refractivity contribution in [1.82, 2.24) is 0 Å². The summed E-state index contributed by atoms with van der Waals surface area (Å²) in [5, 5.41) is 8.54. The van der Waals surface area contributed by atoms with E-state index in [4.69, 9.17) is 10.8 Å². The maximum Gasteiger partial charge on any atom is 0.320 e. The highest BCUT2D eigenvalue weighted by Gasteiger charge is 2.16. The average molecular weight is 287 g/mol. The molecule has 0 aliphatic rings. The summed E-state index contributed by atoms with van der Waals surface area (Å²) < 4.78 is 4.58. The van der Waals surface area contributed by atoms with E-state index in [1.54, 1.807) is 0 Å². The van der Waals surface area contributed by atoms with Crippen LogP contribution in [-0.2, 0) is 19.1 Å². The third-order valence-corrected chi connectivity index (χ3v) is 2.94. The fourth-order valence-electron chi connectivity index (χ4n) is 1.68. The predicted octanol–water partition coefficient (Wildman–Crippen LogP) is 2.00. The van der Waals surface area contributed by atoms with Crippen LogP contribution in [0.2, 0.25) is 0 Å². The zero-order chi connectivity index (χ0) is 15.4. The standard InChI is InChI=1S/C14H25NO5/c1-2-3-4-5-6-7-8-12(16)20-13(17)10-9-11(15)14(18)19/h11H,2-10,15H2,1H3,(H,18,19)/t11-/m0/s1. The van der Waals surface area contributed by atoms with Crippen molar-refractivity contribution in [2.45, 2.75) is 70.8 Å². The Bertz CT molecular complexity index is 317. The Hall–Kier alpha value is -1.43. The van der Waals surface area contributed by atoms with Crippen molar-refractivity contribution in [1.29, 1.82) is 0 Å². The van der Waals surface area contributed by atoms with Gasteiger partial charge in [0.15, 0.2) is 0 Å². The van der Waals surface area contributed by atoms with E-state index in [-0.39, 0.29) is 19.3 Å². The molecule has 0 saturated carbocycles. The van der Waals surface area contributed by atoms with E-state index < -0.39 is 23.9 Å². The number of aliphatic carboxylic acids is 1. The first-order valence-electron chi connectivity index (χ1n) is 7.19. The van der Waals surface area contributed by atoms with E-state index in [1.165, 1.54) is 12.8 Å². The second-order valence-corrected chi connectivity index (χ2v) is 4.85. The molecule has 0 bridgehead atoms. The minimum Gasteiger partial charge on any atom is -0.480 e. The molecule has 0 aromatic carbocycles. The molecule has 0 fully saturated rings. The molecule has 0 aliphatic heterocycles. The molecule has 0 radical (unpaired) electrons. The van der Waals surface area contributed by atoms with E-state index in [1.807, 2.05) is 0 Å². The molecule has 6 heteroatoms. The van der Waals surface area contributed by atoms with Crippen molar-refractivity contribution < 1.29 is 24.2 Å². The summed E-state index contributed by atoms with van der Waals surface area (Å²) in [5.41, 5.74) is 5.24. The number of esters is 2. The van der Waals surface area contributed by atoms with Crippen LogP contribution in [0.4, 0.5) is 0 Å². The lowest BCUT2D eigenvalue weighted by Gasteiger charge is -2.06. The van der Waals surface area contributed by atoms with Gasteiger partial charge in [-0.1, -0.05) is 39.0 Å². The number of ether oxygens (including phenoxy) is 1. The molecule has 0 aliphatic carbocycles. The van der Waals surface area contributed by atoms with E-state index >= 15 is 0 Å². The van der Waals surface area contributed by atoms with Crippen LogP contribution in [0.3, 0.4) is 0 Å². The minimum absolute atomic E-state index is 0.0293. The number of hydrogen-bond acceptors (Lipinski definition) is 5. The Balaban J connectivity index is 3.60. The first-order valence-corrected chi connectivity index (χ1v) is 7.19. The molecule has 6 nitrogen and oxygen atoms in total. The molecular weight excluding hydrogens is 262 g/mol. The zero-order valence-electron chi connectivity index (χ0n) is 12.1. The second-order valence-electron chi connectivity index (χ2n) is 4.85. The van der Waals surface area contributed by atoms with E-state index in [9.17, 15) is 14.4 Å². The molecule has 0 rings (SSSR count). The third-order valence-electron chi connectivity index (χ3n) is 2.94. The molecule has 0 spiro atoms. The number of hydrogen-bond donors (Lipinski definition) is 2. The fraction of sp³-hybridized carbons (Fsp3) is 0.786. The van der Waals surface area contributed by atoms with Crippen LogP contribution >= 0.6 is 0 Å². The Morgan fingerprint density at radius 2 is 1.55 bits per heavy atom. The first kappa shape index (κ1) is 18.6. The van der Waals surface area contributed by atoms with Gasteiger partial charge in [-0.2, -0.15) is 0 Å². The third kappa shape index (κ3) is 10.5. The molecule has 3 N–H and O–H groups in total. The number of rotatable bonds is 11. The number of carboxylic acid groups (broad SMARTS) is 1. The number of nitrogens with two attached hydrogens (primary N) is 1. The highest BCUT2D eigenvalue weighted by molar-refractivity contribution is 5.85. The van der Waals surface area contributed by atoms with Crippen molar-refractivity contribution in [2.75, 3.05) is 0 Å². The normalized spacial score (nSPS) is 11.9. The average Bonchev–Trinajstić information content (AvgIpc) is 2.39. The van der Waals surface area contributed by atoms with Crippen molar-refractivity contribution in [2.24, 2.45) is 5.73 Å². The summed E-state index contributed by atoms with van der Waals surface area (Å²) in [5.74, 6) is -2.43. The highest BCUT2D eigenvalue weighted by Crippen LogP contribution is 2.08. The number of carbonyl (C=O) groups is 3. The number of unbranched alkanes of at least 4 members (excludes halogenated alkanes) is 5. The van der Waals surface area contributed by atoms with Crippen LogP contribution in [0.15, 0.2) is 0 Å². The van der Waals surface area contributed by atoms with E-state index in [0.29, 0.717) is 6.42 Å². The van der Waals surface area contributed by atoms with Gasteiger partial charge in [-0.15, -0.1) is 0 Å². The highest BCUT2D eigenvalue weighted by atomic mass is 16.6. The van der Waals surface area contributed by atoms with E-state index in [2.05, 4.69) is 11.7 Å². The van der Waals surface area contributed by atoms with Crippen molar-refractivity contribution in [3.05, 3.63) is 0 Å². The van der Waals surface area contributed by atoms with Crippen LogP contribution in [0.5, 0.6) is 0 Å². The molecule has 0 aromatic heterocycles. The zero-order valence-corrected chi connectivity index (χ0v) is 12.1. The lowest BCUT2D eigenvalue weighted by Crippen LogP contribution is -2.30. The summed E-state index contributed by atoms with van der Waals surface area (Å²) in [6.07, 6.45) is 6.33. The van der Waals surface area contributed by atoms with Gasteiger partial charge in [0.25, 0.3) is 0 Å². The molecule has 116 valence electrons. The molecule has 20 heavy (non-hydrogen) atoms. The van der Waals surface area contributed by atoms with Gasteiger partial charge >= 0.3 is 17.9 Å². The van der Waals surface area contributed by atoms with Gasteiger partial charge in [-0.3, -0.25) is 14.4 Å². The smallest absolute Gasteiger partial charge is 0.320 e. The van der Waals surface area contributed by atoms with Crippen molar-refractivity contribution in [3.8, 4) is 0 Å². The summed E-state index contributed by atoms with van der Waals surface area (Å²) in [4.78, 5) is 33.0. The van der Waals surface area contributed by atoms with Gasteiger partial charge in [-0.25, -0.2) is 0 Å². The molecule has 0 saturated heterocycles. The van der Waals surface area contributed by atoms with Crippen LogP contribution in [-0.4, -0.2) is 29.1 Å². The summed E-state index contributed by atoms with van der Waals surface area (Å²) in [6, 6.07) is -1.10. The lowest BCUT2D eigenvalue weighted by atomic mass is 10.1. The number of carboxylic acids is 1. The van der Waals surface area contributed by atoms with Gasteiger partial charge in [0.05, 0.1) is 0 Å². The van der Waals surface area contributed by atoms with Gasteiger partial charge in [0.1, 0.15) is 6.04 Å². The van der Waals surface area contributed by atoms with Gasteiger partial charge in [0, 0.05) is 12.8 Å². The Labute approximate surface area is 119 Å². The van der Waals surface area contributed by atoms with Gasteiger partial charge < -0.3 is 15.6 Å². The molecular formula is C14H25NO5. The van der Waals surface area contributed by atoms with E-state index in [0.717, 1.165) is 19.3 Å². The molecule has 0 amide bonds. The summed E-state index contributed by atoms with van der Waals surface area (Å²) >= 11 is 0. The first-order chi connectivity index (χ1) is 9.47. The minimum atomic E-state index is -1.17. The topological polar surface area (TPSA) is 107 Å². The van der Waals surface area contributed by atoms with Crippen molar-refractivity contribution in [3.63, 3.8) is 0 Å². The van der Waals surface area contributed by atoms with Crippen LogP contribution < -0.4 is 5.73 Å². The fourth-order valence-corrected chi connectivity index (χ4v) is 1.68. The second kappa shape index (κ2) is 11.4. The predicted molar refractivity (Wildman–Crippen MR) is 73.9 cm³/mol. The van der Waals surface area contributed by atoms with Crippen LogP contribution in [0, 0.1) is 0 Å². The Kier molecular flexibility index (Phi) is 10.6. The molecule has 0 heterocycles. The molecule has 0 unspecified atom stereocenters. The summed E-state index contributed by atoms with van der Waals surface area (Å²) in [7, 11) is 0. The van der Waals surface area contributed by atoms with Crippen LogP contribution in [0.25, 0.3) is 0 Å². The number of carbonyl (C=O) groups excluding carboxylic acids is 2. The summed E-state index contributed by atoms with van der Waals surface area (Å²) in [6.45, 7) is 2.14. The monoisotopic (exact) mass is 287 g/mol. The quantitative estimate of drug-likeness (QED) is 0.342. The Morgan fingerprint density at radius 1 is 1.00 bits per heavy atom. The van der Waals surface area contributed by atoms with Gasteiger partial charge in [-0.05, 0) is 12.8 Å².